The average Bonchev–Trinajstić information content (AvgIpc) is 2.35. The van der Waals surface area contributed by atoms with E-state index in [1.54, 1.807) is 0 Å². The van der Waals surface area contributed by atoms with Gasteiger partial charge in [0.2, 0.25) is 0 Å². The number of ketones is 1. The molecule has 2 aromatic rings. The number of carbonyl (C=O) groups excluding carboxylic acids is 1. The summed E-state index contributed by atoms with van der Waals surface area (Å²) in [4.78, 5) is 13.1. The lowest BCUT2D eigenvalue weighted by Gasteiger charge is -2.01. The summed E-state index contributed by atoms with van der Waals surface area (Å²) in [5.41, 5.74) is 0.732. The maximum absolute atomic E-state index is 12.1. The molecule has 4 heteroatoms. The molecule has 0 N–H and O–H groups in total. The minimum atomic E-state index is 0.127. The lowest BCUT2D eigenvalue weighted by atomic mass is 10.2. The Morgan fingerprint density at radius 3 is 2.53 bits per heavy atom. The van der Waals surface area contributed by atoms with Gasteiger partial charge in [0, 0.05) is 14.9 Å². The summed E-state index contributed by atoms with van der Waals surface area (Å²) in [7, 11) is 0. The van der Waals surface area contributed by atoms with Gasteiger partial charge in [0.05, 0.1) is 31.7 Å². The second kappa shape index (κ2) is 6.35. The van der Waals surface area contributed by atoms with Crippen LogP contribution in [-0.4, -0.2) is 11.5 Å². The highest BCUT2D eigenvalue weighted by Gasteiger charge is 2.11. The molecule has 2 rings (SSSR count). The third kappa shape index (κ3) is 4.18. The number of hydrogen-bond donors (Lipinski definition) is 0. The van der Waals surface area contributed by atoms with Crippen molar-refractivity contribution < 1.29 is 9.21 Å². The van der Waals surface area contributed by atoms with Crippen LogP contribution in [0.5, 0.6) is 0 Å². The second-order valence-electron chi connectivity index (χ2n) is 4.24. The molecule has 1 heterocycles. The van der Waals surface area contributed by atoms with Crippen LogP contribution in [0.25, 0.3) is 0 Å². The average molecular weight is 338 g/mol. The molecule has 0 aliphatic heterocycles. The summed E-state index contributed by atoms with van der Waals surface area (Å²) in [6, 6.07) is 11.4. The van der Waals surface area contributed by atoms with Crippen LogP contribution < -0.4 is 0 Å². The quantitative estimate of drug-likeness (QED) is 0.450. The summed E-state index contributed by atoms with van der Waals surface area (Å²) in [5.74, 6) is 2.27. The Bertz CT molecular complexity index is 591. The molecule has 1 aromatic carbocycles. The van der Waals surface area contributed by atoms with Crippen LogP contribution in [0.15, 0.2) is 50.2 Å². The van der Waals surface area contributed by atoms with Crippen LogP contribution in [0.1, 0.15) is 21.9 Å². The highest BCUT2D eigenvalue weighted by Crippen LogP contribution is 2.22. The van der Waals surface area contributed by atoms with Gasteiger partial charge in [-0.1, -0.05) is 28.1 Å². The van der Waals surface area contributed by atoms with Crippen LogP contribution in [-0.2, 0) is 0 Å². The zero-order chi connectivity index (χ0) is 13.8. The van der Waals surface area contributed by atoms with Crippen molar-refractivity contribution in [2.45, 2.75) is 18.7 Å². The molecule has 0 saturated carbocycles. The number of rotatable bonds is 4. The molecule has 0 spiro atoms. The molecule has 0 amide bonds. The first kappa shape index (κ1) is 14.3. The second-order valence-corrected chi connectivity index (χ2v) is 6.20. The highest BCUT2D eigenvalue weighted by atomic mass is 79.9. The number of aryl methyl sites for hydroxylation is 2. The number of halogens is 1. The summed E-state index contributed by atoms with van der Waals surface area (Å²) in [6.07, 6.45) is 0. The van der Waals surface area contributed by atoms with Crippen LogP contribution in [0, 0.1) is 13.8 Å². The Morgan fingerprint density at radius 1 is 1.21 bits per heavy atom. The summed E-state index contributed by atoms with van der Waals surface area (Å²) in [6.45, 7) is 3.82. The van der Waals surface area contributed by atoms with Crippen molar-refractivity contribution in [3.05, 3.63) is 58.0 Å². The molecule has 98 valence electrons. The number of carbonyl (C=O) groups is 1. The summed E-state index contributed by atoms with van der Waals surface area (Å²) < 4.78 is 6.35. The van der Waals surface area contributed by atoms with Gasteiger partial charge < -0.3 is 0 Å². The number of benzene rings is 1. The molecule has 0 aliphatic rings. The van der Waals surface area contributed by atoms with E-state index in [1.807, 2.05) is 50.2 Å². The zero-order valence-corrected chi connectivity index (χ0v) is 13.2. The maximum Gasteiger partial charge on any atom is 0.327 e. The predicted octanol–water partition coefficient (Wildman–Crippen LogP) is 4.92. The van der Waals surface area contributed by atoms with E-state index in [2.05, 4.69) is 15.9 Å². The SMILES string of the molecule is Cc1cc(SCC(=O)c2cccc(Br)c2)cc(C)[o+]1. The van der Waals surface area contributed by atoms with Gasteiger partial charge in [-0.3, -0.25) is 4.79 Å². The molecule has 1 aromatic heterocycles. The minimum Gasteiger partial charge on any atom is -0.293 e. The monoisotopic (exact) mass is 337 g/mol. The fraction of sp³-hybridized carbons (Fsp3) is 0.200. The van der Waals surface area contributed by atoms with Gasteiger partial charge in [-0.2, -0.15) is 0 Å². The van der Waals surface area contributed by atoms with Crippen molar-refractivity contribution in [2.24, 2.45) is 0 Å². The van der Waals surface area contributed by atoms with E-state index in [9.17, 15) is 4.79 Å². The van der Waals surface area contributed by atoms with E-state index in [1.165, 1.54) is 11.8 Å². The smallest absolute Gasteiger partial charge is 0.293 e. The van der Waals surface area contributed by atoms with Gasteiger partial charge in [-0.05, 0) is 12.1 Å². The first-order valence-electron chi connectivity index (χ1n) is 5.87. The van der Waals surface area contributed by atoms with Crippen molar-refractivity contribution in [3.8, 4) is 0 Å². The Labute approximate surface area is 125 Å². The summed E-state index contributed by atoms with van der Waals surface area (Å²) >= 11 is 4.91. The topological polar surface area (TPSA) is 28.4 Å². The molecule has 2 nitrogen and oxygen atoms in total. The standard InChI is InChI=1S/C15H14BrO2S/c1-10-6-14(7-11(2)18-10)19-9-15(17)12-4-3-5-13(16)8-12/h3-8H,9H2,1-2H3/q+1. The molecule has 0 saturated heterocycles. The maximum atomic E-state index is 12.1. The number of thioether (sulfide) groups is 1. The third-order valence-electron chi connectivity index (χ3n) is 2.53. The van der Waals surface area contributed by atoms with Crippen molar-refractivity contribution >= 4 is 33.5 Å². The lowest BCUT2D eigenvalue weighted by Crippen LogP contribution is -2.02. The van der Waals surface area contributed by atoms with Gasteiger partial charge in [0.25, 0.3) is 0 Å². The Balaban J connectivity index is 2.04. The third-order valence-corrected chi connectivity index (χ3v) is 4.00. The van der Waals surface area contributed by atoms with Gasteiger partial charge in [0.1, 0.15) is 0 Å². The fourth-order valence-corrected chi connectivity index (χ4v) is 3.09. The molecule has 0 bridgehead atoms. The van der Waals surface area contributed by atoms with Crippen molar-refractivity contribution in [1.82, 2.24) is 0 Å². The molecule has 0 aliphatic carbocycles. The summed E-state index contributed by atoms with van der Waals surface area (Å²) in [5, 5.41) is 0. The number of Topliss-reactive ketones (excluding diaryl/α,β-unsaturated/α-hetero) is 1. The number of hydrogen-bond acceptors (Lipinski definition) is 2. The highest BCUT2D eigenvalue weighted by molar-refractivity contribution is 9.10. The fourth-order valence-electron chi connectivity index (χ4n) is 1.73. The van der Waals surface area contributed by atoms with Gasteiger partial charge in [-0.15, -0.1) is 11.8 Å². The van der Waals surface area contributed by atoms with E-state index in [-0.39, 0.29) is 5.78 Å². The van der Waals surface area contributed by atoms with Crippen LogP contribution >= 0.6 is 27.7 Å². The van der Waals surface area contributed by atoms with E-state index in [0.29, 0.717) is 5.75 Å². The van der Waals surface area contributed by atoms with Crippen molar-refractivity contribution in [1.29, 1.82) is 0 Å². The molecule has 0 fully saturated rings. The Morgan fingerprint density at radius 2 is 1.89 bits per heavy atom. The van der Waals surface area contributed by atoms with E-state index < -0.39 is 0 Å². The lowest BCUT2D eigenvalue weighted by molar-refractivity contribution is 0.102. The van der Waals surface area contributed by atoms with E-state index >= 15 is 0 Å². The van der Waals surface area contributed by atoms with Crippen molar-refractivity contribution in [2.75, 3.05) is 5.75 Å². The molecular formula is C15H14BrO2S+. The van der Waals surface area contributed by atoms with Gasteiger partial charge in [0.15, 0.2) is 5.78 Å². The van der Waals surface area contributed by atoms with E-state index in [0.717, 1.165) is 26.5 Å². The normalized spacial score (nSPS) is 10.5. The van der Waals surface area contributed by atoms with Crippen molar-refractivity contribution in [3.63, 3.8) is 0 Å². The predicted molar refractivity (Wildman–Crippen MR) is 81.8 cm³/mol. The first-order chi connectivity index (χ1) is 9.04. The molecular weight excluding hydrogens is 324 g/mol. The minimum absolute atomic E-state index is 0.127. The Hall–Kier alpha value is -1.13. The zero-order valence-electron chi connectivity index (χ0n) is 10.8. The first-order valence-corrected chi connectivity index (χ1v) is 7.65. The Kier molecular flexibility index (Phi) is 4.77. The van der Waals surface area contributed by atoms with Crippen LogP contribution in [0.2, 0.25) is 0 Å². The van der Waals surface area contributed by atoms with E-state index in [4.69, 9.17) is 4.42 Å². The van der Waals surface area contributed by atoms with Crippen LogP contribution in [0.4, 0.5) is 0 Å². The van der Waals surface area contributed by atoms with Gasteiger partial charge >= 0.3 is 11.5 Å². The molecule has 19 heavy (non-hydrogen) atoms. The molecule has 0 atom stereocenters. The largest absolute Gasteiger partial charge is 0.327 e. The van der Waals surface area contributed by atoms with Gasteiger partial charge in [-0.25, -0.2) is 4.42 Å². The molecule has 0 radical (unpaired) electrons. The molecule has 0 unspecified atom stereocenters. The van der Waals surface area contributed by atoms with Crippen LogP contribution in [0.3, 0.4) is 0 Å².